The first-order valence-corrected chi connectivity index (χ1v) is 12.9. The van der Waals surface area contributed by atoms with Gasteiger partial charge in [0.1, 0.15) is 13.5 Å². The van der Waals surface area contributed by atoms with Crippen molar-refractivity contribution in [3.05, 3.63) is 98.2 Å². The first-order valence-electron chi connectivity index (χ1n) is 12.0. The van der Waals surface area contributed by atoms with Gasteiger partial charge in [-0.2, -0.15) is 0 Å². The molecule has 1 aromatic heterocycles. The maximum atomic E-state index is 13.2. The summed E-state index contributed by atoms with van der Waals surface area (Å²) < 4.78 is 7.15. The number of aromatic nitrogens is 2. The SMILES string of the molecule is Cc1c(SC2CCCCC2)n(COCN(C(=O)c2ccccc2)C(=O)c2ccccc2)c(=O)[nH]c1=O. The van der Waals surface area contributed by atoms with Crippen LogP contribution in [0, 0.1) is 6.92 Å². The predicted octanol–water partition coefficient (Wildman–Crippen LogP) is 4.18. The summed E-state index contributed by atoms with van der Waals surface area (Å²) in [5, 5.41) is 0.881. The number of carbonyl (C=O) groups excluding carboxylic acids is 2. The molecule has 0 bridgehead atoms. The molecule has 0 aliphatic heterocycles. The molecule has 2 amide bonds. The fourth-order valence-electron chi connectivity index (χ4n) is 4.17. The molecule has 0 atom stereocenters. The van der Waals surface area contributed by atoms with Crippen LogP contribution in [-0.2, 0) is 11.5 Å². The van der Waals surface area contributed by atoms with E-state index in [1.54, 1.807) is 67.6 Å². The molecule has 1 aliphatic carbocycles. The molecule has 4 rings (SSSR count). The molecule has 0 unspecified atom stereocenters. The van der Waals surface area contributed by atoms with Gasteiger partial charge in [-0.25, -0.2) is 9.69 Å². The van der Waals surface area contributed by atoms with E-state index in [-0.39, 0.29) is 13.5 Å². The minimum atomic E-state index is -0.584. The molecule has 0 radical (unpaired) electrons. The maximum Gasteiger partial charge on any atom is 0.331 e. The number of hydrogen-bond donors (Lipinski definition) is 1. The Bertz CT molecular complexity index is 1260. The van der Waals surface area contributed by atoms with Crippen molar-refractivity contribution >= 4 is 23.6 Å². The number of imide groups is 1. The summed E-state index contributed by atoms with van der Waals surface area (Å²) >= 11 is 1.53. The van der Waals surface area contributed by atoms with Crippen molar-refractivity contribution in [2.24, 2.45) is 0 Å². The number of rotatable bonds is 8. The molecule has 2 aromatic carbocycles. The van der Waals surface area contributed by atoms with Crippen molar-refractivity contribution in [1.82, 2.24) is 14.5 Å². The Hall–Kier alpha value is -3.43. The molecule has 1 heterocycles. The molecule has 0 saturated heterocycles. The number of ether oxygens (including phenoxy) is 1. The molecule has 1 N–H and O–H groups in total. The van der Waals surface area contributed by atoms with E-state index in [9.17, 15) is 19.2 Å². The van der Waals surface area contributed by atoms with Gasteiger partial charge < -0.3 is 4.74 Å². The summed E-state index contributed by atoms with van der Waals surface area (Å²) in [5.74, 6) is -1.02. The van der Waals surface area contributed by atoms with Crippen LogP contribution in [0.25, 0.3) is 0 Å². The third-order valence-electron chi connectivity index (χ3n) is 6.18. The van der Waals surface area contributed by atoms with Crippen molar-refractivity contribution in [2.75, 3.05) is 6.73 Å². The highest BCUT2D eigenvalue weighted by atomic mass is 32.2. The third-order valence-corrected chi connectivity index (χ3v) is 7.73. The third kappa shape index (κ3) is 6.03. The molecule has 0 spiro atoms. The average molecular weight is 508 g/mol. The maximum absolute atomic E-state index is 13.2. The number of benzene rings is 2. The van der Waals surface area contributed by atoms with Crippen molar-refractivity contribution in [1.29, 1.82) is 0 Å². The summed E-state index contributed by atoms with van der Waals surface area (Å²) in [6.07, 6.45) is 5.49. The van der Waals surface area contributed by atoms with Crippen molar-refractivity contribution < 1.29 is 14.3 Å². The summed E-state index contributed by atoms with van der Waals surface area (Å²) in [4.78, 5) is 54.8. The van der Waals surface area contributed by atoms with Gasteiger partial charge in [0.25, 0.3) is 17.4 Å². The van der Waals surface area contributed by atoms with Gasteiger partial charge in [0.2, 0.25) is 0 Å². The minimum Gasteiger partial charge on any atom is -0.340 e. The van der Waals surface area contributed by atoms with Crippen LogP contribution < -0.4 is 11.2 Å². The normalized spacial score (nSPS) is 13.9. The Balaban J connectivity index is 1.57. The number of hydrogen-bond acceptors (Lipinski definition) is 6. The van der Waals surface area contributed by atoms with Gasteiger partial charge in [0.05, 0.1) is 5.03 Å². The molecular weight excluding hydrogens is 478 g/mol. The van der Waals surface area contributed by atoms with Gasteiger partial charge in [0.15, 0.2) is 0 Å². The first-order chi connectivity index (χ1) is 17.5. The highest BCUT2D eigenvalue weighted by Crippen LogP contribution is 2.33. The van der Waals surface area contributed by atoms with Crippen LogP contribution in [0.15, 0.2) is 75.3 Å². The van der Waals surface area contributed by atoms with Crippen LogP contribution in [0.3, 0.4) is 0 Å². The van der Waals surface area contributed by atoms with Crippen molar-refractivity contribution in [3.63, 3.8) is 0 Å². The summed E-state index contributed by atoms with van der Waals surface area (Å²) in [5.41, 5.74) is 0.132. The van der Waals surface area contributed by atoms with Crippen molar-refractivity contribution in [3.8, 4) is 0 Å². The molecule has 1 fully saturated rings. The number of H-pyrrole nitrogens is 1. The molecule has 36 heavy (non-hydrogen) atoms. The fourth-order valence-corrected chi connectivity index (χ4v) is 5.58. The second-order valence-corrected chi connectivity index (χ2v) is 10.0. The summed E-state index contributed by atoms with van der Waals surface area (Å²) in [7, 11) is 0. The Morgan fingerprint density at radius 1 is 0.944 bits per heavy atom. The lowest BCUT2D eigenvalue weighted by Crippen LogP contribution is -2.40. The molecule has 3 aromatic rings. The molecule has 1 saturated carbocycles. The second kappa shape index (κ2) is 12.0. The van der Waals surface area contributed by atoms with Crippen LogP contribution in [0.2, 0.25) is 0 Å². The van der Waals surface area contributed by atoms with E-state index >= 15 is 0 Å². The average Bonchev–Trinajstić information content (AvgIpc) is 2.92. The lowest BCUT2D eigenvalue weighted by Gasteiger charge is -2.24. The standard InChI is InChI=1S/C27H29N3O5S/c1-19-23(31)28-27(34)30(26(19)36-22-15-9-4-10-16-22)18-35-17-29(24(32)20-11-5-2-6-12-20)25(33)21-13-7-3-8-14-21/h2-3,5-8,11-14,22H,4,9-10,15-18H2,1H3,(H,28,31,34). The Labute approximate surface area is 213 Å². The van der Waals surface area contributed by atoms with E-state index in [2.05, 4.69) is 4.98 Å². The van der Waals surface area contributed by atoms with Gasteiger partial charge in [-0.15, -0.1) is 11.8 Å². The topological polar surface area (TPSA) is 101 Å². The van der Waals surface area contributed by atoms with E-state index < -0.39 is 23.1 Å². The summed E-state index contributed by atoms with van der Waals surface area (Å²) in [6, 6.07) is 17.0. The van der Waals surface area contributed by atoms with Gasteiger partial charge in [-0.05, 0) is 44.0 Å². The number of thioether (sulfide) groups is 1. The molecule has 8 nitrogen and oxygen atoms in total. The van der Waals surface area contributed by atoms with E-state index in [1.807, 2.05) is 0 Å². The highest BCUT2D eigenvalue weighted by Gasteiger charge is 2.25. The Morgan fingerprint density at radius 3 is 2.06 bits per heavy atom. The zero-order chi connectivity index (χ0) is 25.5. The molecule has 1 aliphatic rings. The van der Waals surface area contributed by atoms with Crippen molar-refractivity contribution in [2.45, 2.75) is 56.0 Å². The fraction of sp³-hybridized carbons (Fsp3) is 0.333. The smallest absolute Gasteiger partial charge is 0.331 e. The van der Waals surface area contributed by atoms with Gasteiger partial charge in [-0.3, -0.25) is 23.9 Å². The van der Waals surface area contributed by atoms with E-state index in [0.717, 1.165) is 30.6 Å². The highest BCUT2D eigenvalue weighted by molar-refractivity contribution is 7.99. The predicted molar refractivity (Wildman–Crippen MR) is 138 cm³/mol. The van der Waals surface area contributed by atoms with Gasteiger partial charge in [0, 0.05) is 21.9 Å². The number of nitrogens with one attached hydrogen (secondary N) is 1. The number of aromatic amines is 1. The molecule has 9 heteroatoms. The first kappa shape index (κ1) is 25.7. The Morgan fingerprint density at radius 2 is 1.50 bits per heavy atom. The van der Waals surface area contributed by atoms with Crippen LogP contribution >= 0.6 is 11.8 Å². The largest absolute Gasteiger partial charge is 0.340 e. The van der Waals surface area contributed by atoms with E-state index in [1.165, 1.54) is 22.7 Å². The number of carbonyl (C=O) groups is 2. The minimum absolute atomic E-state index is 0.216. The van der Waals surface area contributed by atoms with Gasteiger partial charge >= 0.3 is 5.69 Å². The molecular formula is C27H29N3O5S. The number of amides is 2. The monoisotopic (exact) mass is 507 g/mol. The van der Waals surface area contributed by atoms with Crippen LogP contribution in [-0.4, -0.2) is 38.2 Å². The van der Waals surface area contributed by atoms with E-state index in [4.69, 9.17) is 4.74 Å². The lowest BCUT2D eigenvalue weighted by atomic mass is 10.0. The Kier molecular flexibility index (Phi) is 8.56. The van der Waals surface area contributed by atoms with Crippen LogP contribution in [0.4, 0.5) is 0 Å². The second-order valence-electron chi connectivity index (χ2n) is 8.73. The summed E-state index contributed by atoms with van der Waals surface area (Å²) in [6.45, 7) is 1.11. The molecule has 188 valence electrons. The van der Waals surface area contributed by atoms with Gasteiger partial charge in [-0.1, -0.05) is 55.7 Å². The quantitative estimate of drug-likeness (QED) is 0.279. The zero-order valence-electron chi connectivity index (χ0n) is 20.1. The lowest BCUT2D eigenvalue weighted by molar-refractivity contribution is -0.00245. The van der Waals surface area contributed by atoms with Crippen LogP contribution in [0.5, 0.6) is 0 Å². The van der Waals surface area contributed by atoms with Crippen LogP contribution in [0.1, 0.15) is 58.4 Å². The zero-order valence-corrected chi connectivity index (χ0v) is 21.0. The van der Waals surface area contributed by atoms with E-state index in [0.29, 0.717) is 27.0 Å². The number of nitrogens with zero attached hydrogens (tertiary/aromatic N) is 2.